The van der Waals surface area contributed by atoms with Gasteiger partial charge in [-0.2, -0.15) is 10.2 Å². The number of aromatic nitrogens is 2. The molecule has 2 aromatic heterocycles. The fourth-order valence-corrected chi connectivity index (χ4v) is 4.81. The van der Waals surface area contributed by atoms with E-state index in [2.05, 4.69) is 10.2 Å². The second-order valence-corrected chi connectivity index (χ2v) is 8.74. The van der Waals surface area contributed by atoms with Gasteiger partial charge in [-0.3, -0.25) is 9.59 Å². The SMILES string of the molecule is COc1ccc(C2CC(c3cccs3)=NN2C(=O)Cn2ncc3ccccc3c2=O)cc1OC. The molecule has 4 aromatic rings. The highest BCUT2D eigenvalue weighted by Crippen LogP contribution is 2.38. The van der Waals surface area contributed by atoms with Crippen LogP contribution in [0, 0.1) is 0 Å². The lowest BCUT2D eigenvalue weighted by Crippen LogP contribution is -2.35. The van der Waals surface area contributed by atoms with Crippen molar-refractivity contribution in [2.75, 3.05) is 14.2 Å². The Bertz CT molecular complexity index is 1450. The topological polar surface area (TPSA) is 86.0 Å². The number of amides is 1. The zero-order chi connectivity index (χ0) is 23.7. The maximum atomic E-state index is 13.4. The van der Waals surface area contributed by atoms with Crippen LogP contribution in [0.5, 0.6) is 11.5 Å². The summed E-state index contributed by atoms with van der Waals surface area (Å²) in [6.07, 6.45) is 2.14. The summed E-state index contributed by atoms with van der Waals surface area (Å²) in [5, 5.41) is 13.6. The van der Waals surface area contributed by atoms with Crippen LogP contribution in [0.4, 0.5) is 0 Å². The Morgan fingerprint density at radius 3 is 2.68 bits per heavy atom. The summed E-state index contributed by atoms with van der Waals surface area (Å²) in [5.74, 6) is 0.856. The molecule has 34 heavy (non-hydrogen) atoms. The second-order valence-electron chi connectivity index (χ2n) is 7.79. The zero-order valence-corrected chi connectivity index (χ0v) is 19.5. The lowest BCUT2D eigenvalue weighted by molar-refractivity contribution is -0.133. The van der Waals surface area contributed by atoms with Gasteiger partial charge in [-0.05, 0) is 35.2 Å². The third kappa shape index (κ3) is 3.94. The molecule has 0 N–H and O–H groups in total. The van der Waals surface area contributed by atoms with Crippen LogP contribution in [0.25, 0.3) is 10.8 Å². The highest BCUT2D eigenvalue weighted by molar-refractivity contribution is 7.12. The van der Waals surface area contributed by atoms with E-state index in [-0.39, 0.29) is 24.1 Å². The average molecular weight is 475 g/mol. The van der Waals surface area contributed by atoms with Crippen molar-refractivity contribution in [3.8, 4) is 11.5 Å². The molecule has 5 rings (SSSR count). The summed E-state index contributed by atoms with van der Waals surface area (Å²) in [4.78, 5) is 27.3. The molecule has 1 aliphatic rings. The number of fused-ring (bicyclic) bond motifs is 1. The molecule has 1 atom stereocenters. The van der Waals surface area contributed by atoms with Gasteiger partial charge in [-0.1, -0.05) is 30.3 Å². The van der Waals surface area contributed by atoms with Crippen LogP contribution in [0.3, 0.4) is 0 Å². The molecule has 0 radical (unpaired) electrons. The number of hydrogen-bond acceptors (Lipinski definition) is 7. The number of nitrogens with zero attached hydrogens (tertiary/aromatic N) is 4. The van der Waals surface area contributed by atoms with Gasteiger partial charge in [-0.15, -0.1) is 11.3 Å². The average Bonchev–Trinajstić information content (AvgIpc) is 3.56. The molecule has 8 nitrogen and oxygen atoms in total. The molecule has 1 aliphatic heterocycles. The van der Waals surface area contributed by atoms with E-state index in [1.807, 2.05) is 47.8 Å². The van der Waals surface area contributed by atoms with Gasteiger partial charge >= 0.3 is 0 Å². The summed E-state index contributed by atoms with van der Waals surface area (Å²) >= 11 is 1.57. The summed E-state index contributed by atoms with van der Waals surface area (Å²) < 4.78 is 12.0. The predicted molar refractivity (Wildman–Crippen MR) is 131 cm³/mol. The van der Waals surface area contributed by atoms with Crippen LogP contribution in [0.2, 0.25) is 0 Å². The van der Waals surface area contributed by atoms with E-state index < -0.39 is 0 Å². The maximum Gasteiger partial charge on any atom is 0.275 e. The smallest absolute Gasteiger partial charge is 0.275 e. The first-order valence-corrected chi connectivity index (χ1v) is 11.6. The van der Waals surface area contributed by atoms with E-state index in [0.717, 1.165) is 21.5 Å². The number of carbonyl (C=O) groups excluding carboxylic acids is 1. The van der Waals surface area contributed by atoms with E-state index in [1.165, 1.54) is 9.69 Å². The number of rotatable bonds is 6. The van der Waals surface area contributed by atoms with E-state index in [1.54, 1.807) is 43.9 Å². The fraction of sp³-hybridized carbons (Fsp3) is 0.200. The van der Waals surface area contributed by atoms with Gasteiger partial charge in [0.05, 0.1) is 42.4 Å². The number of benzene rings is 2. The van der Waals surface area contributed by atoms with Crippen molar-refractivity contribution in [1.29, 1.82) is 0 Å². The van der Waals surface area contributed by atoms with Crippen molar-refractivity contribution >= 4 is 33.7 Å². The van der Waals surface area contributed by atoms with Crippen molar-refractivity contribution in [2.45, 2.75) is 19.0 Å². The lowest BCUT2D eigenvalue weighted by atomic mass is 10.0. The van der Waals surface area contributed by atoms with Gasteiger partial charge < -0.3 is 9.47 Å². The highest BCUT2D eigenvalue weighted by atomic mass is 32.1. The molecule has 1 amide bonds. The van der Waals surface area contributed by atoms with E-state index >= 15 is 0 Å². The highest BCUT2D eigenvalue weighted by Gasteiger charge is 2.34. The third-order valence-electron chi connectivity index (χ3n) is 5.81. The number of thiophene rings is 1. The molecule has 0 bridgehead atoms. The third-order valence-corrected chi connectivity index (χ3v) is 6.73. The first-order valence-electron chi connectivity index (χ1n) is 10.7. The Morgan fingerprint density at radius 2 is 1.91 bits per heavy atom. The van der Waals surface area contributed by atoms with E-state index in [0.29, 0.717) is 23.3 Å². The molecular formula is C25H22N4O4S. The normalized spacial score (nSPS) is 15.4. The number of hydrogen-bond donors (Lipinski definition) is 0. The molecule has 0 saturated carbocycles. The molecule has 172 valence electrons. The zero-order valence-electron chi connectivity index (χ0n) is 18.7. The molecule has 0 saturated heterocycles. The number of ether oxygens (including phenoxy) is 2. The summed E-state index contributed by atoms with van der Waals surface area (Å²) in [6.45, 7) is -0.214. The maximum absolute atomic E-state index is 13.4. The first-order chi connectivity index (χ1) is 16.6. The van der Waals surface area contributed by atoms with Crippen molar-refractivity contribution in [2.24, 2.45) is 5.10 Å². The van der Waals surface area contributed by atoms with Gasteiger partial charge in [-0.25, -0.2) is 9.69 Å². The van der Waals surface area contributed by atoms with Gasteiger partial charge in [0.2, 0.25) is 0 Å². The standard InChI is InChI=1S/C25H22N4O4S/c1-32-21-10-9-16(12-22(21)33-2)20-13-19(23-8-5-11-34-23)27-29(20)24(30)15-28-25(31)18-7-4-3-6-17(18)14-26-28/h3-12,14,20H,13,15H2,1-2H3. The van der Waals surface area contributed by atoms with Crippen LogP contribution in [-0.2, 0) is 11.3 Å². The molecule has 9 heteroatoms. The minimum absolute atomic E-state index is 0.214. The Balaban J connectivity index is 1.50. The van der Waals surface area contributed by atoms with Crippen molar-refractivity contribution in [1.82, 2.24) is 14.8 Å². The molecule has 1 unspecified atom stereocenters. The number of carbonyl (C=O) groups is 1. The first kappa shape index (κ1) is 21.8. The molecular weight excluding hydrogens is 452 g/mol. The minimum Gasteiger partial charge on any atom is -0.493 e. The van der Waals surface area contributed by atoms with E-state index in [9.17, 15) is 9.59 Å². The fourth-order valence-electron chi connectivity index (χ4n) is 4.09. The van der Waals surface area contributed by atoms with Gasteiger partial charge in [0, 0.05) is 11.8 Å². The second kappa shape index (κ2) is 9.11. The van der Waals surface area contributed by atoms with Crippen LogP contribution in [0.15, 0.2) is 76.1 Å². The van der Waals surface area contributed by atoms with Crippen LogP contribution in [0.1, 0.15) is 22.9 Å². The van der Waals surface area contributed by atoms with Gasteiger partial charge in [0.25, 0.3) is 11.5 Å². The summed E-state index contributed by atoms with van der Waals surface area (Å²) in [6, 6.07) is 16.4. The van der Waals surface area contributed by atoms with Gasteiger partial charge in [0.1, 0.15) is 6.54 Å². The molecule has 0 spiro atoms. The van der Waals surface area contributed by atoms with E-state index in [4.69, 9.17) is 9.47 Å². The predicted octanol–water partition coefficient (Wildman–Crippen LogP) is 3.85. The lowest BCUT2D eigenvalue weighted by Gasteiger charge is -2.23. The van der Waals surface area contributed by atoms with Crippen molar-refractivity contribution in [3.63, 3.8) is 0 Å². The largest absolute Gasteiger partial charge is 0.493 e. The monoisotopic (exact) mass is 474 g/mol. The molecule has 0 fully saturated rings. The number of methoxy groups -OCH3 is 2. The molecule has 2 aromatic carbocycles. The molecule has 3 heterocycles. The quantitative estimate of drug-likeness (QED) is 0.424. The number of hydrazone groups is 1. The Hall–Kier alpha value is -3.98. The summed E-state index contributed by atoms with van der Waals surface area (Å²) in [7, 11) is 3.15. The Morgan fingerprint density at radius 1 is 1.09 bits per heavy atom. The minimum atomic E-state index is -0.347. The van der Waals surface area contributed by atoms with Gasteiger partial charge in [0.15, 0.2) is 11.5 Å². The van der Waals surface area contributed by atoms with Crippen molar-refractivity contribution < 1.29 is 14.3 Å². The summed E-state index contributed by atoms with van der Waals surface area (Å²) in [5.41, 5.74) is 1.37. The van der Waals surface area contributed by atoms with Crippen LogP contribution >= 0.6 is 11.3 Å². The molecule has 0 aliphatic carbocycles. The Kier molecular flexibility index (Phi) is 5.85. The van der Waals surface area contributed by atoms with Crippen LogP contribution < -0.4 is 15.0 Å². The Labute approximate surface area is 199 Å². The van der Waals surface area contributed by atoms with Crippen molar-refractivity contribution in [3.05, 3.63) is 87.0 Å². The van der Waals surface area contributed by atoms with Crippen LogP contribution in [-0.4, -0.2) is 40.6 Å².